The van der Waals surface area contributed by atoms with E-state index in [4.69, 9.17) is 4.74 Å². The van der Waals surface area contributed by atoms with Crippen molar-refractivity contribution in [2.24, 2.45) is 5.92 Å². The second kappa shape index (κ2) is 7.06. The normalized spacial score (nSPS) is 24.0. The minimum Gasteiger partial charge on any atom is -0.381 e. The number of nitrogens with zero attached hydrogens (tertiary/aromatic N) is 2. The Bertz CT molecular complexity index is 375. The third-order valence-corrected chi connectivity index (χ3v) is 3.87. The second-order valence-electron chi connectivity index (χ2n) is 6.02. The zero-order valence-corrected chi connectivity index (χ0v) is 12.4. The van der Waals surface area contributed by atoms with E-state index < -0.39 is 0 Å². The van der Waals surface area contributed by atoms with Gasteiger partial charge in [0.15, 0.2) is 0 Å². The summed E-state index contributed by atoms with van der Waals surface area (Å²) in [7, 11) is 1.82. The molecule has 1 heterocycles. The van der Waals surface area contributed by atoms with Crippen LogP contribution in [0.15, 0.2) is 12.5 Å². The first kappa shape index (κ1) is 14.5. The first-order chi connectivity index (χ1) is 9.19. The first-order valence-electron chi connectivity index (χ1n) is 7.45. The third kappa shape index (κ3) is 4.32. The van der Waals surface area contributed by atoms with Gasteiger partial charge in [0.25, 0.3) is 0 Å². The summed E-state index contributed by atoms with van der Waals surface area (Å²) in [6.45, 7) is 6.35. The van der Waals surface area contributed by atoms with E-state index in [0.29, 0.717) is 18.1 Å². The van der Waals surface area contributed by atoms with E-state index in [1.54, 1.807) is 0 Å². The maximum absolute atomic E-state index is 5.49. The molecule has 1 fully saturated rings. The largest absolute Gasteiger partial charge is 0.381 e. The van der Waals surface area contributed by atoms with Crippen LogP contribution in [-0.2, 0) is 11.3 Å². The van der Waals surface area contributed by atoms with Crippen LogP contribution in [0.3, 0.4) is 0 Å². The molecule has 1 aliphatic rings. The summed E-state index contributed by atoms with van der Waals surface area (Å²) in [5.74, 6) is 0.683. The average molecular weight is 265 g/mol. The molecule has 0 radical (unpaired) electrons. The van der Waals surface area contributed by atoms with Gasteiger partial charge in [0.05, 0.1) is 18.1 Å². The Kier molecular flexibility index (Phi) is 5.40. The lowest BCUT2D eigenvalue weighted by molar-refractivity contribution is 0.0530. The minimum atomic E-state index is 0.420. The molecule has 1 aromatic heterocycles. The zero-order valence-electron chi connectivity index (χ0n) is 12.4. The summed E-state index contributed by atoms with van der Waals surface area (Å²) < 4.78 is 7.77. The molecule has 4 heteroatoms. The Labute approximate surface area is 116 Å². The zero-order chi connectivity index (χ0) is 13.7. The minimum absolute atomic E-state index is 0.420. The van der Waals surface area contributed by atoms with Gasteiger partial charge in [-0.3, -0.25) is 0 Å². The summed E-state index contributed by atoms with van der Waals surface area (Å²) in [4.78, 5) is 4.50. The van der Waals surface area contributed by atoms with E-state index in [0.717, 1.165) is 25.2 Å². The summed E-state index contributed by atoms with van der Waals surface area (Å²) in [6, 6.07) is 0.560. The molecule has 1 aliphatic carbocycles. The van der Waals surface area contributed by atoms with Crippen molar-refractivity contribution in [3.05, 3.63) is 18.2 Å². The molecule has 1 N–H and O–H groups in total. The highest BCUT2D eigenvalue weighted by atomic mass is 16.5. The van der Waals surface area contributed by atoms with Gasteiger partial charge in [-0.05, 0) is 38.1 Å². The Balaban J connectivity index is 1.85. The highest BCUT2D eigenvalue weighted by Crippen LogP contribution is 2.29. The lowest BCUT2D eigenvalue weighted by atomic mass is 9.93. The van der Waals surface area contributed by atoms with Crippen LogP contribution in [0.2, 0.25) is 0 Å². The van der Waals surface area contributed by atoms with E-state index in [1.807, 2.05) is 13.4 Å². The fourth-order valence-electron chi connectivity index (χ4n) is 2.76. The van der Waals surface area contributed by atoms with Gasteiger partial charge < -0.3 is 14.6 Å². The fourth-order valence-corrected chi connectivity index (χ4v) is 2.76. The molecule has 0 aliphatic heterocycles. The van der Waals surface area contributed by atoms with Crippen molar-refractivity contribution < 1.29 is 4.74 Å². The number of hydrogen-bond donors (Lipinski definition) is 1. The van der Waals surface area contributed by atoms with E-state index in [-0.39, 0.29) is 0 Å². The van der Waals surface area contributed by atoms with Gasteiger partial charge in [0, 0.05) is 25.9 Å². The molecule has 108 valence electrons. The maximum Gasteiger partial charge on any atom is 0.0952 e. The topological polar surface area (TPSA) is 39.1 Å². The Morgan fingerprint density at radius 3 is 3.05 bits per heavy atom. The summed E-state index contributed by atoms with van der Waals surface area (Å²) in [5.41, 5.74) is 1.14. The summed E-state index contributed by atoms with van der Waals surface area (Å²) >= 11 is 0. The lowest BCUT2D eigenvalue weighted by Gasteiger charge is -2.28. The summed E-state index contributed by atoms with van der Waals surface area (Å²) in [5, 5.41) is 3.44. The predicted octanol–water partition coefficient (Wildman–Crippen LogP) is 2.76. The first-order valence-corrected chi connectivity index (χ1v) is 7.45. The van der Waals surface area contributed by atoms with Crippen LogP contribution in [0.5, 0.6) is 0 Å². The molecule has 1 saturated carbocycles. The Morgan fingerprint density at radius 2 is 2.32 bits per heavy atom. The van der Waals surface area contributed by atoms with Gasteiger partial charge in [-0.1, -0.05) is 13.8 Å². The van der Waals surface area contributed by atoms with Gasteiger partial charge in [-0.25, -0.2) is 4.98 Å². The molecular weight excluding hydrogens is 238 g/mol. The maximum atomic E-state index is 5.49. The molecule has 4 nitrogen and oxygen atoms in total. The van der Waals surface area contributed by atoms with Crippen LogP contribution < -0.4 is 5.32 Å². The van der Waals surface area contributed by atoms with Crippen molar-refractivity contribution in [2.45, 2.75) is 58.2 Å². The van der Waals surface area contributed by atoms with Crippen molar-refractivity contribution in [2.75, 3.05) is 13.7 Å². The highest BCUT2D eigenvalue weighted by molar-refractivity contribution is 4.98. The van der Waals surface area contributed by atoms with Gasteiger partial charge in [0.1, 0.15) is 0 Å². The third-order valence-electron chi connectivity index (χ3n) is 3.87. The molecule has 0 bridgehead atoms. The van der Waals surface area contributed by atoms with E-state index in [1.165, 1.54) is 19.3 Å². The number of imidazole rings is 1. The van der Waals surface area contributed by atoms with Crippen molar-refractivity contribution in [3.63, 3.8) is 0 Å². The quantitative estimate of drug-likeness (QED) is 0.859. The van der Waals surface area contributed by atoms with Crippen molar-refractivity contribution in [1.29, 1.82) is 0 Å². The van der Waals surface area contributed by atoms with Gasteiger partial charge in [-0.2, -0.15) is 0 Å². The van der Waals surface area contributed by atoms with Crippen LogP contribution in [0.1, 0.15) is 51.3 Å². The average Bonchev–Trinajstić information content (AvgIpc) is 2.87. The smallest absolute Gasteiger partial charge is 0.0952 e. The van der Waals surface area contributed by atoms with Crippen LogP contribution in [-0.4, -0.2) is 29.3 Å². The van der Waals surface area contributed by atoms with Gasteiger partial charge in [-0.15, -0.1) is 0 Å². The van der Waals surface area contributed by atoms with Crippen LogP contribution in [0.4, 0.5) is 0 Å². The summed E-state index contributed by atoms with van der Waals surface area (Å²) in [6.07, 6.45) is 9.40. The van der Waals surface area contributed by atoms with Crippen LogP contribution in [0, 0.1) is 5.92 Å². The number of aromatic nitrogens is 2. The van der Waals surface area contributed by atoms with E-state index >= 15 is 0 Å². The fraction of sp³-hybridized carbons (Fsp3) is 0.800. The molecule has 0 aromatic carbocycles. The monoisotopic (exact) mass is 265 g/mol. The Hall–Kier alpha value is -0.870. The van der Waals surface area contributed by atoms with Crippen molar-refractivity contribution in [1.82, 2.24) is 14.9 Å². The van der Waals surface area contributed by atoms with Crippen LogP contribution in [0.25, 0.3) is 0 Å². The second-order valence-corrected chi connectivity index (χ2v) is 6.02. The standard InChI is InChI=1S/C15H27N3O/c1-12(2)8-16-9-13-10-18(11-17-13)14-5-4-6-15(7-14)19-3/h10-12,14-16H,4-9H2,1-3H3. The van der Waals surface area contributed by atoms with E-state index in [9.17, 15) is 0 Å². The molecule has 19 heavy (non-hydrogen) atoms. The molecule has 1 aromatic rings. The SMILES string of the molecule is COC1CCCC(n2cnc(CNCC(C)C)c2)C1. The van der Waals surface area contributed by atoms with Gasteiger partial charge >= 0.3 is 0 Å². The molecule has 0 amide bonds. The molecular formula is C15H27N3O. The number of ether oxygens (including phenoxy) is 1. The number of nitrogens with one attached hydrogen (secondary N) is 1. The molecule has 2 atom stereocenters. The van der Waals surface area contributed by atoms with Crippen LogP contribution >= 0.6 is 0 Å². The molecule has 2 unspecified atom stereocenters. The number of hydrogen-bond acceptors (Lipinski definition) is 3. The van der Waals surface area contributed by atoms with E-state index in [2.05, 4.69) is 34.9 Å². The molecule has 2 rings (SSSR count). The highest BCUT2D eigenvalue weighted by Gasteiger charge is 2.22. The lowest BCUT2D eigenvalue weighted by Crippen LogP contribution is -2.23. The van der Waals surface area contributed by atoms with Gasteiger partial charge in [0.2, 0.25) is 0 Å². The number of methoxy groups -OCH3 is 1. The van der Waals surface area contributed by atoms with Crippen molar-refractivity contribution in [3.8, 4) is 0 Å². The number of rotatable bonds is 6. The molecule has 0 spiro atoms. The van der Waals surface area contributed by atoms with Crippen molar-refractivity contribution >= 4 is 0 Å². The predicted molar refractivity (Wildman–Crippen MR) is 77.1 cm³/mol. The Morgan fingerprint density at radius 1 is 1.47 bits per heavy atom. The molecule has 0 saturated heterocycles.